The number of esters is 1. The quantitative estimate of drug-likeness (QED) is 0.0994. The molecule has 358 valence electrons. The van der Waals surface area contributed by atoms with Crippen LogP contribution in [0.15, 0.2) is 91.4 Å². The third-order valence-corrected chi connectivity index (χ3v) is 13.4. The number of likely N-dealkylation sites (tertiary alicyclic amines) is 1. The molecule has 4 aliphatic rings. The Kier molecular flexibility index (Phi) is 14.1. The minimum atomic E-state index is -1.36. The molecule has 3 saturated heterocycles. The SMILES string of the molecule is Nc1ncc(-c2cnn(C3CCN(CCCN4CCN(C(=O)CCc5ccc6c(c5)CN(C5CCC(=O)NC5=O)C6=O)CC4)CC3)c2)nc1C(=O)O[C@@H](C(=O)Nc1ccc(F)cc1)c1ccccc1. The second-order valence-electron chi connectivity index (χ2n) is 17.9. The number of nitrogens with zero attached hydrogens (tertiary/aromatic N) is 8. The molecule has 19 heteroatoms. The first-order valence-electron chi connectivity index (χ1n) is 23.4. The van der Waals surface area contributed by atoms with Gasteiger partial charge in [0.2, 0.25) is 23.8 Å². The molecular weight excluding hydrogens is 886 g/mol. The summed E-state index contributed by atoms with van der Waals surface area (Å²) in [7, 11) is 0. The Morgan fingerprint density at radius 1 is 0.884 bits per heavy atom. The number of fused-ring (bicyclic) bond motifs is 1. The van der Waals surface area contributed by atoms with Gasteiger partial charge in [-0.3, -0.25) is 38.9 Å². The van der Waals surface area contributed by atoms with Crippen molar-refractivity contribution in [1.82, 2.24) is 44.7 Å². The van der Waals surface area contributed by atoms with Crippen LogP contribution in [0.25, 0.3) is 11.3 Å². The number of carbonyl (C=O) groups excluding carboxylic acids is 6. The minimum absolute atomic E-state index is 0.121. The number of aromatic nitrogens is 4. The maximum Gasteiger partial charge on any atom is 0.361 e. The van der Waals surface area contributed by atoms with E-state index in [4.69, 9.17) is 10.5 Å². The standard InChI is InChI=1S/C50H54FN11O7/c51-36-9-11-37(12-10-36)55-48(66)45(33-5-2-1-3-6-33)69-50(68)44-46(52)53-29-40(56-44)35-28-54-62(31-35)38-17-21-58(22-18-38)19-4-20-59-23-25-60(26-24-59)43(64)16-8-32-7-13-39-34(27-32)30-61(49(39)67)41-14-15-42(63)57-47(41)65/h1-3,5-7,9-13,27-29,31,38,41,45H,4,8,14-26,30H2,(H2,52,53)(H,55,66)(H,57,63,65)/t41?,45-/m1/s1. The number of nitrogens with one attached hydrogen (secondary N) is 2. The van der Waals surface area contributed by atoms with E-state index < -0.39 is 35.7 Å². The first-order chi connectivity index (χ1) is 33.4. The lowest BCUT2D eigenvalue weighted by atomic mass is 10.0. The number of nitrogens with two attached hydrogens (primary N) is 1. The van der Waals surface area contributed by atoms with Crippen molar-refractivity contribution in [1.29, 1.82) is 0 Å². The fraction of sp³-hybridized carbons (Fsp3) is 0.380. The summed E-state index contributed by atoms with van der Waals surface area (Å²) < 4.78 is 21.1. The Bertz CT molecular complexity index is 2720. The molecule has 0 saturated carbocycles. The van der Waals surface area contributed by atoms with Crippen LogP contribution in [0.5, 0.6) is 0 Å². The highest BCUT2D eigenvalue weighted by Crippen LogP contribution is 2.30. The lowest BCUT2D eigenvalue weighted by Crippen LogP contribution is -2.52. The van der Waals surface area contributed by atoms with Crippen molar-refractivity contribution in [2.75, 3.05) is 63.4 Å². The summed E-state index contributed by atoms with van der Waals surface area (Å²) >= 11 is 0. The van der Waals surface area contributed by atoms with E-state index in [0.29, 0.717) is 67.0 Å². The van der Waals surface area contributed by atoms with Crippen LogP contribution in [0.3, 0.4) is 0 Å². The van der Waals surface area contributed by atoms with E-state index in [-0.39, 0.29) is 41.7 Å². The second-order valence-corrected chi connectivity index (χ2v) is 17.9. The summed E-state index contributed by atoms with van der Waals surface area (Å²) in [4.78, 5) is 94.3. The number of aryl methyl sites for hydroxylation is 1. The van der Waals surface area contributed by atoms with Crippen molar-refractivity contribution in [2.45, 2.75) is 69.7 Å². The molecule has 69 heavy (non-hydrogen) atoms. The van der Waals surface area contributed by atoms with Gasteiger partial charge < -0.3 is 30.5 Å². The molecule has 2 aromatic heterocycles. The second kappa shape index (κ2) is 20.9. The van der Waals surface area contributed by atoms with E-state index in [1.54, 1.807) is 47.5 Å². The molecule has 5 amide bonds. The van der Waals surface area contributed by atoms with Crippen molar-refractivity contribution in [2.24, 2.45) is 0 Å². The molecule has 5 aromatic rings. The number of piperidine rings is 2. The van der Waals surface area contributed by atoms with E-state index in [1.807, 2.05) is 27.9 Å². The number of nitrogen functional groups attached to an aromatic ring is 1. The lowest BCUT2D eigenvalue weighted by Gasteiger charge is -2.36. The summed E-state index contributed by atoms with van der Waals surface area (Å²) in [6, 6.07) is 18.9. The van der Waals surface area contributed by atoms with Gasteiger partial charge in [0.25, 0.3) is 11.8 Å². The number of benzene rings is 3. The lowest BCUT2D eigenvalue weighted by molar-refractivity contribution is -0.137. The van der Waals surface area contributed by atoms with Crippen LogP contribution in [0.2, 0.25) is 0 Å². The zero-order valence-electron chi connectivity index (χ0n) is 38.1. The molecule has 3 aromatic carbocycles. The molecule has 0 radical (unpaired) electrons. The largest absolute Gasteiger partial charge is 0.442 e. The van der Waals surface area contributed by atoms with Crippen molar-refractivity contribution in [3.63, 3.8) is 0 Å². The van der Waals surface area contributed by atoms with Gasteiger partial charge >= 0.3 is 5.97 Å². The van der Waals surface area contributed by atoms with Gasteiger partial charge in [-0.2, -0.15) is 5.10 Å². The molecule has 18 nitrogen and oxygen atoms in total. The topological polar surface area (TPSA) is 218 Å². The van der Waals surface area contributed by atoms with Gasteiger partial charge in [-0.25, -0.2) is 19.2 Å². The van der Waals surface area contributed by atoms with E-state index in [0.717, 1.165) is 69.7 Å². The molecule has 0 aliphatic carbocycles. The Labute approximate surface area is 398 Å². The van der Waals surface area contributed by atoms with Gasteiger partial charge in [0, 0.05) is 87.2 Å². The molecule has 4 N–H and O–H groups in total. The van der Waals surface area contributed by atoms with Crippen molar-refractivity contribution in [3.8, 4) is 11.3 Å². The minimum Gasteiger partial charge on any atom is -0.442 e. The number of amides is 5. The van der Waals surface area contributed by atoms with E-state index in [1.165, 1.54) is 30.5 Å². The van der Waals surface area contributed by atoms with Crippen LogP contribution < -0.4 is 16.4 Å². The Morgan fingerprint density at radius 2 is 1.62 bits per heavy atom. The van der Waals surface area contributed by atoms with Crippen LogP contribution in [0.1, 0.15) is 88.2 Å². The van der Waals surface area contributed by atoms with Gasteiger partial charge in [-0.15, -0.1) is 0 Å². The van der Waals surface area contributed by atoms with E-state index >= 15 is 0 Å². The summed E-state index contributed by atoms with van der Waals surface area (Å²) in [5.41, 5.74) is 10.0. The first kappa shape index (κ1) is 46.7. The summed E-state index contributed by atoms with van der Waals surface area (Å²) in [5.74, 6) is -3.02. The van der Waals surface area contributed by atoms with Crippen molar-refractivity contribution in [3.05, 3.63) is 125 Å². The number of imide groups is 1. The third kappa shape index (κ3) is 11.0. The fourth-order valence-electron chi connectivity index (χ4n) is 9.50. The van der Waals surface area contributed by atoms with Gasteiger partial charge in [0.1, 0.15) is 11.9 Å². The third-order valence-electron chi connectivity index (χ3n) is 13.4. The number of hydrogen-bond donors (Lipinski definition) is 3. The van der Waals surface area contributed by atoms with Crippen LogP contribution in [0, 0.1) is 5.82 Å². The van der Waals surface area contributed by atoms with Gasteiger partial charge in [-0.1, -0.05) is 42.5 Å². The average Bonchev–Trinajstić information content (AvgIpc) is 3.98. The Balaban J connectivity index is 0.696. The van der Waals surface area contributed by atoms with E-state index in [9.17, 15) is 33.2 Å². The van der Waals surface area contributed by atoms with Gasteiger partial charge in [0.05, 0.1) is 24.1 Å². The predicted octanol–water partition coefficient (Wildman–Crippen LogP) is 4.16. The number of rotatable bonds is 15. The Morgan fingerprint density at radius 3 is 2.36 bits per heavy atom. The number of ether oxygens (including phenoxy) is 1. The highest BCUT2D eigenvalue weighted by atomic mass is 19.1. The number of carbonyl (C=O) groups is 6. The molecule has 0 spiro atoms. The zero-order valence-corrected chi connectivity index (χ0v) is 38.1. The highest BCUT2D eigenvalue weighted by Gasteiger charge is 2.39. The summed E-state index contributed by atoms with van der Waals surface area (Å²) in [6.07, 6.45) is 8.00. The summed E-state index contributed by atoms with van der Waals surface area (Å²) in [6.45, 7) is 7.15. The highest BCUT2D eigenvalue weighted by molar-refractivity contribution is 6.05. The number of hydrogen-bond acceptors (Lipinski definition) is 13. The van der Waals surface area contributed by atoms with E-state index in [2.05, 4.69) is 35.5 Å². The van der Waals surface area contributed by atoms with Crippen LogP contribution in [-0.2, 0) is 36.9 Å². The van der Waals surface area contributed by atoms with Crippen LogP contribution in [0.4, 0.5) is 15.9 Å². The average molecular weight is 940 g/mol. The fourth-order valence-corrected chi connectivity index (χ4v) is 9.50. The maximum atomic E-state index is 13.6. The first-order valence-corrected chi connectivity index (χ1v) is 23.4. The number of piperazine rings is 1. The van der Waals surface area contributed by atoms with Crippen molar-refractivity contribution >= 4 is 47.0 Å². The Hall–Kier alpha value is -7.38. The van der Waals surface area contributed by atoms with Crippen LogP contribution in [-0.4, -0.2) is 133 Å². The maximum absolute atomic E-state index is 13.6. The predicted molar refractivity (Wildman–Crippen MR) is 250 cm³/mol. The number of anilines is 2. The number of halogens is 1. The molecule has 3 fully saturated rings. The molecular formula is C50H54FN11O7. The zero-order chi connectivity index (χ0) is 48.0. The molecule has 1 unspecified atom stereocenters. The molecule has 2 atom stereocenters. The molecule has 6 heterocycles. The normalized spacial score (nSPS) is 18.4. The smallest absolute Gasteiger partial charge is 0.361 e. The van der Waals surface area contributed by atoms with Crippen LogP contribution >= 0.6 is 0 Å². The van der Waals surface area contributed by atoms with Gasteiger partial charge in [-0.05, 0) is 86.7 Å². The monoisotopic (exact) mass is 939 g/mol. The molecule has 9 rings (SSSR count). The van der Waals surface area contributed by atoms with Gasteiger partial charge in [0.15, 0.2) is 11.5 Å². The molecule has 4 aliphatic heterocycles. The molecule has 0 bridgehead atoms. The summed E-state index contributed by atoms with van der Waals surface area (Å²) in [5, 5.41) is 9.64. The van der Waals surface area contributed by atoms with Crippen molar-refractivity contribution < 1.29 is 37.9 Å².